The van der Waals surface area contributed by atoms with Crippen molar-refractivity contribution in [2.24, 2.45) is 5.92 Å². The number of nitrogens with one attached hydrogen (secondary N) is 4. The Bertz CT molecular complexity index is 2580. The van der Waals surface area contributed by atoms with Gasteiger partial charge in [0.05, 0.1) is 30.6 Å². The monoisotopic (exact) mass is 864 g/mol. The van der Waals surface area contributed by atoms with Gasteiger partial charge in [0.25, 0.3) is 21.8 Å². The molecule has 1 saturated carbocycles. The number of thiazole rings is 1. The molecule has 61 heavy (non-hydrogen) atoms. The molecular weight excluding hydrogens is 817 g/mol. The maximum atomic E-state index is 14.6. The third-order valence-corrected chi connectivity index (χ3v) is 13.2. The highest BCUT2D eigenvalue weighted by Gasteiger charge is 2.61. The lowest BCUT2D eigenvalue weighted by atomic mass is 10.1. The minimum Gasteiger partial charge on any atom is -0.497 e. The first-order chi connectivity index (χ1) is 29.4. The van der Waals surface area contributed by atoms with Gasteiger partial charge in [0.15, 0.2) is 5.13 Å². The molecule has 0 spiro atoms. The number of allylic oxidation sites excluding steroid dienone is 1. The van der Waals surface area contributed by atoms with E-state index in [0.717, 1.165) is 30.8 Å². The first-order valence-corrected chi connectivity index (χ1v) is 22.8. The molecule has 17 heteroatoms. The van der Waals surface area contributed by atoms with Gasteiger partial charge < -0.3 is 30.3 Å². The molecule has 2 fully saturated rings. The number of aromatic nitrogens is 3. The van der Waals surface area contributed by atoms with E-state index in [0.29, 0.717) is 46.0 Å². The highest BCUT2D eigenvalue weighted by Crippen LogP contribution is 2.46. The molecule has 5 aromatic rings. The molecule has 3 amide bonds. The zero-order valence-electron chi connectivity index (χ0n) is 34.1. The number of anilines is 2. The number of carbonyl (C=O) groups excluding carboxylic acids is 3. The Morgan fingerprint density at radius 3 is 2.66 bits per heavy atom. The fraction of sp³-hybridized carbons (Fsp3) is 0.364. The zero-order valence-corrected chi connectivity index (χ0v) is 35.7. The van der Waals surface area contributed by atoms with E-state index in [2.05, 4.69) is 25.7 Å². The average molecular weight is 865 g/mol. The highest BCUT2D eigenvalue weighted by atomic mass is 32.2. The molecule has 1 saturated heterocycles. The lowest BCUT2D eigenvalue weighted by Crippen LogP contribution is -2.56. The molecule has 0 radical (unpaired) electrons. The molecule has 3 aliphatic rings. The lowest BCUT2D eigenvalue weighted by Gasteiger charge is -2.26. The fourth-order valence-electron chi connectivity index (χ4n) is 7.86. The summed E-state index contributed by atoms with van der Waals surface area (Å²) in [6.45, 7) is 4.66. The lowest BCUT2D eigenvalue weighted by molar-refractivity contribution is -0.131. The normalized spacial score (nSPS) is 23.0. The van der Waals surface area contributed by atoms with E-state index >= 15 is 0 Å². The van der Waals surface area contributed by atoms with Crippen molar-refractivity contribution < 1.29 is 32.3 Å². The van der Waals surface area contributed by atoms with E-state index in [4.69, 9.17) is 19.4 Å². The van der Waals surface area contributed by atoms with Gasteiger partial charge in [-0.25, -0.2) is 23.1 Å². The summed E-state index contributed by atoms with van der Waals surface area (Å²) in [6.07, 6.45) is 8.36. The molecule has 4 N–H and O–H groups in total. The number of ether oxygens (including phenoxy) is 2. The minimum absolute atomic E-state index is 0.0165. The van der Waals surface area contributed by atoms with E-state index in [9.17, 15) is 22.8 Å². The maximum absolute atomic E-state index is 14.6. The van der Waals surface area contributed by atoms with Crippen molar-refractivity contribution in [3.63, 3.8) is 0 Å². The van der Waals surface area contributed by atoms with Crippen LogP contribution in [0, 0.1) is 5.92 Å². The number of carbonyl (C=O) groups is 3. The van der Waals surface area contributed by atoms with Crippen LogP contribution in [0.25, 0.3) is 22.3 Å². The first kappa shape index (κ1) is 41.7. The van der Waals surface area contributed by atoms with Crippen molar-refractivity contribution in [2.45, 2.75) is 81.0 Å². The molecule has 1 aliphatic carbocycles. The van der Waals surface area contributed by atoms with Gasteiger partial charge in [-0.2, -0.15) is 0 Å². The van der Waals surface area contributed by atoms with Gasteiger partial charge in [0.2, 0.25) is 5.91 Å². The molecule has 3 aromatic heterocycles. The third kappa shape index (κ3) is 9.03. The Morgan fingerprint density at radius 2 is 1.85 bits per heavy atom. The van der Waals surface area contributed by atoms with Gasteiger partial charge >= 0.3 is 0 Å². The van der Waals surface area contributed by atoms with Crippen molar-refractivity contribution in [1.29, 1.82) is 0 Å². The smallest absolute Gasteiger partial charge is 0.273 e. The molecule has 8 rings (SSSR count). The van der Waals surface area contributed by atoms with E-state index < -0.39 is 51.3 Å². The number of hydrogen-bond donors (Lipinski definition) is 4. The van der Waals surface area contributed by atoms with Crippen LogP contribution in [-0.4, -0.2) is 89.9 Å². The Morgan fingerprint density at radius 1 is 1.02 bits per heavy atom. The first-order valence-electron chi connectivity index (χ1n) is 20.4. The van der Waals surface area contributed by atoms with Crippen LogP contribution in [0.3, 0.4) is 0 Å². The number of para-hydroxylation sites is 1. The number of sulfonamides is 1. The number of rotatable bonds is 9. The molecule has 0 unspecified atom stereocenters. The number of methoxy groups -OCH3 is 1. The quantitative estimate of drug-likeness (QED) is 0.123. The molecule has 2 aromatic carbocycles. The number of nitrogens with zero attached hydrogens (tertiary/aromatic N) is 4. The fourth-order valence-corrected chi connectivity index (χ4v) is 9.93. The van der Waals surface area contributed by atoms with E-state index in [1.807, 2.05) is 37.4 Å². The van der Waals surface area contributed by atoms with Gasteiger partial charge in [-0.1, -0.05) is 36.8 Å². The Kier molecular flexibility index (Phi) is 11.9. The number of fused-ring (bicyclic) bond motifs is 3. The maximum Gasteiger partial charge on any atom is 0.273 e. The van der Waals surface area contributed by atoms with Crippen LogP contribution in [0.2, 0.25) is 0 Å². The number of hydrogen-bond acceptors (Lipinski definition) is 13. The van der Waals surface area contributed by atoms with Gasteiger partial charge in [0, 0.05) is 54.0 Å². The molecule has 4 atom stereocenters. The Hall–Kier alpha value is -6.07. The van der Waals surface area contributed by atoms with Gasteiger partial charge in [-0.15, -0.1) is 11.3 Å². The average Bonchev–Trinajstić information content (AvgIpc) is 3.51. The SMILES string of the molecule is COc1ccc2c(O[C@@H]3C[C@@H](C(=O)N[C@]45C[C@H]4/C=C\CCCCCNc4ccccc4S(=O)(=O)NC5=O)N(C(=O)c4ccccn4)C3)cc(-c3csc(NC(C)C)n3)nc2c1. The summed E-state index contributed by atoms with van der Waals surface area (Å²) < 4.78 is 42.1. The van der Waals surface area contributed by atoms with Crippen LogP contribution < -0.4 is 30.1 Å². The molecule has 2 aliphatic heterocycles. The number of pyridine rings is 2. The van der Waals surface area contributed by atoms with Crippen LogP contribution >= 0.6 is 11.3 Å². The van der Waals surface area contributed by atoms with Crippen LogP contribution in [0.5, 0.6) is 11.5 Å². The van der Waals surface area contributed by atoms with Crippen LogP contribution in [0.1, 0.15) is 62.9 Å². The zero-order chi connectivity index (χ0) is 42.7. The summed E-state index contributed by atoms with van der Waals surface area (Å²) in [5, 5.41) is 12.8. The minimum atomic E-state index is -4.35. The van der Waals surface area contributed by atoms with Gasteiger partial charge in [-0.3, -0.25) is 19.4 Å². The summed E-state index contributed by atoms with van der Waals surface area (Å²) in [5.74, 6) is -1.36. The summed E-state index contributed by atoms with van der Waals surface area (Å²) in [7, 11) is -2.77. The molecule has 0 bridgehead atoms. The predicted molar refractivity (Wildman–Crippen MR) is 233 cm³/mol. The number of benzene rings is 2. The molecule has 5 heterocycles. The Labute approximate surface area is 358 Å². The summed E-state index contributed by atoms with van der Waals surface area (Å²) in [4.78, 5) is 58.3. The Balaban J connectivity index is 1.10. The molecule has 15 nitrogen and oxygen atoms in total. The predicted octanol–water partition coefficient (Wildman–Crippen LogP) is 6.17. The molecular formula is C44H48N8O7S2. The topological polar surface area (TPSA) is 194 Å². The van der Waals surface area contributed by atoms with Crippen LogP contribution in [0.4, 0.5) is 10.8 Å². The second-order valence-corrected chi connectivity index (χ2v) is 18.3. The number of amides is 3. The van der Waals surface area contributed by atoms with Crippen molar-refractivity contribution in [3.8, 4) is 22.9 Å². The van der Waals surface area contributed by atoms with Gasteiger partial charge in [0.1, 0.15) is 45.5 Å². The third-order valence-electron chi connectivity index (χ3n) is 11.1. The second kappa shape index (κ2) is 17.5. The van der Waals surface area contributed by atoms with Crippen molar-refractivity contribution in [2.75, 3.05) is 30.8 Å². The summed E-state index contributed by atoms with van der Waals surface area (Å²) in [5.41, 5.74) is 0.748. The van der Waals surface area contributed by atoms with E-state index in [1.165, 1.54) is 28.5 Å². The van der Waals surface area contributed by atoms with Crippen molar-refractivity contribution in [3.05, 3.63) is 96.2 Å². The van der Waals surface area contributed by atoms with Crippen molar-refractivity contribution in [1.82, 2.24) is 29.9 Å². The van der Waals surface area contributed by atoms with Crippen molar-refractivity contribution >= 4 is 60.8 Å². The number of likely N-dealkylation sites (tertiary alicyclic amines) is 1. The second-order valence-electron chi connectivity index (χ2n) is 15.8. The van der Waals surface area contributed by atoms with E-state index in [1.54, 1.807) is 61.7 Å². The van der Waals surface area contributed by atoms with E-state index in [-0.39, 0.29) is 36.0 Å². The summed E-state index contributed by atoms with van der Waals surface area (Å²) >= 11 is 1.46. The standard InChI is InChI=1S/C44H48N8O7S2/c1-27(2)47-43-49-36(26-60-43)35-23-38(31-18-17-29(58-3)21-34(31)48-35)59-30-22-37(52(25-30)41(54)33-15-10-12-20-46-33)40(53)50-44-24-28(44)13-7-5-4-6-11-19-45-32-14-8-9-16-39(32)61(56,57)51-42(44)55/h7-10,12-18,20-21,23,26-28,30,37,45H,4-6,11,19,22,24-25H2,1-3H3,(H,47,49)(H,50,53)(H,51,55)/b13-7-/t28-,30-,37+,44-/m1/s1. The summed E-state index contributed by atoms with van der Waals surface area (Å²) in [6, 6.07) is 17.7. The van der Waals surface area contributed by atoms with Gasteiger partial charge in [-0.05, 0) is 75.9 Å². The molecule has 318 valence electrons. The van der Waals surface area contributed by atoms with Crippen LogP contribution in [0.15, 0.2) is 95.4 Å². The highest BCUT2D eigenvalue weighted by molar-refractivity contribution is 7.90. The largest absolute Gasteiger partial charge is 0.497 e. The van der Waals surface area contributed by atoms with Crippen LogP contribution in [-0.2, 0) is 19.6 Å².